The third-order valence-corrected chi connectivity index (χ3v) is 2.57. The molecule has 0 fully saturated rings. The van der Waals surface area contributed by atoms with Crippen molar-refractivity contribution in [3.63, 3.8) is 0 Å². The number of benzene rings is 1. The zero-order chi connectivity index (χ0) is 12.7. The molecule has 0 unspecified atom stereocenters. The lowest BCUT2D eigenvalue weighted by Gasteiger charge is -2.06. The number of amides is 1. The Labute approximate surface area is 105 Å². The molecule has 0 spiro atoms. The maximum atomic E-state index is 12.7. The van der Waals surface area contributed by atoms with Gasteiger partial charge in [-0.2, -0.15) is 0 Å². The van der Waals surface area contributed by atoms with Gasteiger partial charge in [0, 0.05) is 18.5 Å². The monoisotopic (exact) mass is 259 g/mol. The summed E-state index contributed by atoms with van der Waals surface area (Å²) < 4.78 is 12.7. The molecule has 0 saturated carbocycles. The summed E-state index contributed by atoms with van der Waals surface area (Å²) in [5.74, 6) is -0.690. The van der Waals surface area contributed by atoms with Crippen LogP contribution in [0.4, 0.5) is 4.39 Å². The quantitative estimate of drug-likeness (QED) is 0.610. The highest BCUT2D eigenvalue weighted by Gasteiger charge is 2.10. The molecule has 0 bridgehead atoms. The number of hydrogen-bond donors (Lipinski definition) is 2. The van der Waals surface area contributed by atoms with E-state index in [0.29, 0.717) is 12.4 Å². The Bertz CT molecular complexity index is 385. The van der Waals surface area contributed by atoms with Crippen molar-refractivity contribution in [2.24, 2.45) is 0 Å². The third kappa shape index (κ3) is 4.61. The number of nitrogens with one attached hydrogen (secondary N) is 1. The molecule has 0 radical (unpaired) electrons. The molecule has 1 aromatic rings. The molecule has 5 heteroatoms. The van der Waals surface area contributed by atoms with Crippen LogP contribution in [0.3, 0.4) is 0 Å². The number of hydrogen-bond acceptors (Lipinski definition) is 2. The minimum absolute atomic E-state index is 0.0868. The number of phenolic OH excluding ortho intramolecular Hbond substituents is 1. The van der Waals surface area contributed by atoms with E-state index in [2.05, 4.69) is 5.32 Å². The van der Waals surface area contributed by atoms with E-state index in [1.807, 2.05) is 0 Å². The molecule has 1 amide bonds. The molecule has 0 saturated heterocycles. The van der Waals surface area contributed by atoms with Crippen molar-refractivity contribution in [1.82, 2.24) is 5.32 Å². The largest absolute Gasteiger partial charge is 0.507 e. The number of carbonyl (C=O) groups is 1. The van der Waals surface area contributed by atoms with E-state index in [1.165, 1.54) is 6.07 Å². The van der Waals surface area contributed by atoms with Crippen molar-refractivity contribution in [3.8, 4) is 5.75 Å². The van der Waals surface area contributed by atoms with Crippen LogP contribution in [0.25, 0.3) is 0 Å². The Morgan fingerprint density at radius 2 is 2.12 bits per heavy atom. The highest BCUT2D eigenvalue weighted by molar-refractivity contribution is 6.17. The van der Waals surface area contributed by atoms with Crippen LogP contribution in [0.2, 0.25) is 0 Å². The van der Waals surface area contributed by atoms with Gasteiger partial charge in [-0.3, -0.25) is 4.79 Å². The topological polar surface area (TPSA) is 49.3 Å². The maximum absolute atomic E-state index is 12.7. The molecule has 0 aromatic heterocycles. The SMILES string of the molecule is O=C(NCCCCCCl)c1ccc(F)cc1O. The Hall–Kier alpha value is -1.29. The zero-order valence-corrected chi connectivity index (χ0v) is 10.1. The first-order valence-corrected chi connectivity index (χ1v) is 6.01. The van der Waals surface area contributed by atoms with Gasteiger partial charge in [0.05, 0.1) is 5.56 Å². The van der Waals surface area contributed by atoms with Crippen LogP contribution in [0.5, 0.6) is 5.75 Å². The molecule has 3 nitrogen and oxygen atoms in total. The summed E-state index contributed by atoms with van der Waals surface area (Å²) in [6.45, 7) is 0.520. The summed E-state index contributed by atoms with van der Waals surface area (Å²) in [6, 6.07) is 3.32. The molecular weight excluding hydrogens is 245 g/mol. The highest BCUT2D eigenvalue weighted by Crippen LogP contribution is 2.17. The summed E-state index contributed by atoms with van der Waals surface area (Å²) in [7, 11) is 0. The van der Waals surface area contributed by atoms with E-state index in [-0.39, 0.29) is 11.3 Å². The van der Waals surface area contributed by atoms with Gasteiger partial charge in [-0.25, -0.2) is 4.39 Å². The molecule has 0 aliphatic heterocycles. The van der Waals surface area contributed by atoms with Gasteiger partial charge in [-0.15, -0.1) is 11.6 Å². The number of carbonyl (C=O) groups excluding carboxylic acids is 1. The van der Waals surface area contributed by atoms with Gasteiger partial charge >= 0.3 is 0 Å². The van der Waals surface area contributed by atoms with Crippen LogP contribution in [-0.2, 0) is 0 Å². The molecule has 2 N–H and O–H groups in total. The van der Waals surface area contributed by atoms with Gasteiger partial charge < -0.3 is 10.4 Å². The fourth-order valence-corrected chi connectivity index (χ4v) is 1.58. The average Bonchev–Trinajstić information content (AvgIpc) is 2.28. The standard InChI is InChI=1S/C12H15ClFNO2/c13-6-2-1-3-7-15-12(17)10-5-4-9(14)8-11(10)16/h4-5,8,16H,1-3,6-7H2,(H,15,17). The summed E-state index contributed by atoms with van der Waals surface area (Å²) in [5.41, 5.74) is 0.0868. The molecule has 0 heterocycles. The molecule has 1 aromatic carbocycles. The third-order valence-electron chi connectivity index (χ3n) is 2.30. The van der Waals surface area contributed by atoms with Gasteiger partial charge in [0.2, 0.25) is 0 Å². The van der Waals surface area contributed by atoms with Crippen LogP contribution < -0.4 is 5.32 Å². The summed E-state index contributed by atoms with van der Waals surface area (Å²) in [6.07, 6.45) is 2.69. The van der Waals surface area contributed by atoms with Crippen LogP contribution >= 0.6 is 11.6 Å². The second kappa shape index (κ2) is 7.12. The molecule has 0 aliphatic rings. The number of halogens is 2. The normalized spacial score (nSPS) is 10.2. The molecular formula is C12H15ClFNO2. The molecule has 94 valence electrons. The number of alkyl halides is 1. The predicted octanol–water partition coefficient (Wildman–Crippen LogP) is 2.67. The molecule has 17 heavy (non-hydrogen) atoms. The lowest BCUT2D eigenvalue weighted by atomic mass is 10.2. The van der Waals surface area contributed by atoms with E-state index in [0.717, 1.165) is 31.4 Å². The van der Waals surface area contributed by atoms with E-state index in [4.69, 9.17) is 11.6 Å². The van der Waals surface area contributed by atoms with Gasteiger partial charge in [0.1, 0.15) is 11.6 Å². The van der Waals surface area contributed by atoms with E-state index < -0.39 is 11.7 Å². The average molecular weight is 260 g/mol. The first-order chi connectivity index (χ1) is 8.15. The fraction of sp³-hybridized carbons (Fsp3) is 0.417. The lowest BCUT2D eigenvalue weighted by molar-refractivity contribution is 0.0950. The first kappa shape index (κ1) is 13.8. The van der Waals surface area contributed by atoms with Crippen LogP contribution in [-0.4, -0.2) is 23.4 Å². The maximum Gasteiger partial charge on any atom is 0.255 e. The van der Waals surface area contributed by atoms with Crippen molar-refractivity contribution < 1.29 is 14.3 Å². The second-order valence-corrected chi connectivity index (χ2v) is 4.04. The Morgan fingerprint density at radius 1 is 1.35 bits per heavy atom. The fourth-order valence-electron chi connectivity index (χ4n) is 1.39. The van der Waals surface area contributed by atoms with Crippen molar-refractivity contribution in [2.75, 3.05) is 12.4 Å². The van der Waals surface area contributed by atoms with E-state index >= 15 is 0 Å². The Kier molecular flexibility index (Phi) is 5.77. The molecule has 0 aliphatic carbocycles. The van der Waals surface area contributed by atoms with Crippen LogP contribution in [0.1, 0.15) is 29.6 Å². The highest BCUT2D eigenvalue weighted by atomic mass is 35.5. The number of unbranched alkanes of at least 4 members (excludes halogenated alkanes) is 2. The van der Waals surface area contributed by atoms with Gasteiger partial charge in [-0.1, -0.05) is 6.42 Å². The van der Waals surface area contributed by atoms with Crippen molar-refractivity contribution in [2.45, 2.75) is 19.3 Å². The Balaban J connectivity index is 2.42. The van der Waals surface area contributed by atoms with Gasteiger partial charge in [-0.05, 0) is 25.0 Å². The molecule has 0 atom stereocenters. The second-order valence-electron chi connectivity index (χ2n) is 3.67. The summed E-state index contributed by atoms with van der Waals surface area (Å²) >= 11 is 5.52. The Morgan fingerprint density at radius 3 is 2.76 bits per heavy atom. The number of aromatic hydroxyl groups is 1. The smallest absolute Gasteiger partial charge is 0.255 e. The zero-order valence-electron chi connectivity index (χ0n) is 9.38. The summed E-state index contributed by atoms with van der Waals surface area (Å²) in [5, 5.41) is 12.0. The van der Waals surface area contributed by atoms with Gasteiger partial charge in [0.15, 0.2) is 0 Å². The van der Waals surface area contributed by atoms with Crippen molar-refractivity contribution >= 4 is 17.5 Å². The summed E-state index contributed by atoms with van der Waals surface area (Å²) in [4.78, 5) is 11.6. The lowest BCUT2D eigenvalue weighted by Crippen LogP contribution is -2.24. The van der Waals surface area contributed by atoms with Crippen LogP contribution in [0.15, 0.2) is 18.2 Å². The van der Waals surface area contributed by atoms with Crippen LogP contribution in [0, 0.1) is 5.82 Å². The molecule has 1 rings (SSSR count). The number of phenols is 1. The number of rotatable bonds is 6. The predicted molar refractivity (Wildman–Crippen MR) is 65.0 cm³/mol. The van der Waals surface area contributed by atoms with Crippen molar-refractivity contribution in [1.29, 1.82) is 0 Å². The van der Waals surface area contributed by atoms with E-state index in [1.54, 1.807) is 0 Å². The van der Waals surface area contributed by atoms with Gasteiger partial charge in [0.25, 0.3) is 5.91 Å². The minimum atomic E-state index is -0.568. The van der Waals surface area contributed by atoms with Crippen molar-refractivity contribution in [3.05, 3.63) is 29.6 Å². The first-order valence-electron chi connectivity index (χ1n) is 5.48. The minimum Gasteiger partial charge on any atom is -0.507 e. The van der Waals surface area contributed by atoms with E-state index in [9.17, 15) is 14.3 Å².